The summed E-state index contributed by atoms with van der Waals surface area (Å²) in [6.07, 6.45) is 0.834. The van der Waals surface area contributed by atoms with E-state index in [2.05, 4.69) is 13.8 Å². The zero-order chi connectivity index (χ0) is 7.72. The largest absolute Gasteiger partial charge is 0.480 e. The summed E-state index contributed by atoms with van der Waals surface area (Å²) in [6.45, 7) is 4.21. The van der Waals surface area contributed by atoms with Crippen LogP contribution in [0.5, 0.6) is 0 Å². The van der Waals surface area contributed by atoms with Gasteiger partial charge in [-0.05, 0) is 12.3 Å². The second kappa shape index (κ2) is 2.82. The molecule has 0 aromatic heterocycles. The lowest BCUT2D eigenvalue weighted by Gasteiger charge is -2.03. The Balaban J connectivity index is 2.49. The Kier molecular flexibility index (Phi) is 2.24. The SMILES string of the molecule is CC1CC(C(=O)O)SC1C. The molecule has 1 saturated heterocycles. The van der Waals surface area contributed by atoms with Gasteiger partial charge in [0.05, 0.1) is 0 Å². The van der Waals surface area contributed by atoms with Crippen LogP contribution >= 0.6 is 11.8 Å². The van der Waals surface area contributed by atoms with Gasteiger partial charge in [0.25, 0.3) is 0 Å². The molecule has 10 heavy (non-hydrogen) atoms. The first kappa shape index (κ1) is 7.92. The fourth-order valence-electron chi connectivity index (χ4n) is 1.14. The molecule has 0 aromatic carbocycles. The molecule has 0 aliphatic carbocycles. The third-order valence-corrected chi connectivity index (χ3v) is 3.66. The minimum atomic E-state index is -0.652. The van der Waals surface area contributed by atoms with Gasteiger partial charge in [-0.3, -0.25) is 4.79 Å². The van der Waals surface area contributed by atoms with Crippen LogP contribution in [0.15, 0.2) is 0 Å². The van der Waals surface area contributed by atoms with Crippen molar-refractivity contribution in [2.75, 3.05) is 0 Å². The van der Waals surface area contributed by atoms with E-state index in [4.69, 9.17) is 5.11 Å². The molecule has 1 aliphatic rings. The predicted octanol–water partition coefficient (Wildman–Crippen LogP) is 1.60. The van der Waals surface area contributed by atoms with Gasteiger partial charge in [-0.25, -0.2) is 0 Å². The van der Waals surface area contributed by atoms with Crippen molar-refractivity contribution in [2.45, 2.75) is 30.8 Å². The van der Waals surface area contributed by atoms with Gasteiger partial charge in [-0.1, -0.05) is 13.8 Å². The van der Waals surface area contributed by atoms with Gasteiger partial charge in [0.2, 0.25) is 0 Å². The van der Waals surface area contributed by atoms with Crippen molar-refractivity contribution in [3.8, 4) is 0 Å². The predicted molar refractivity (Wildman–Crippen MR) is 42.3 cm³/mol. The number of carbonyl (C=O) groups is 1. The van der Waals surface area contributed by atoms with Crippen LogP contribution in [-0.4, -0.2) is 21.6 Å². The molecule has 0 spiro atoms. The molecule has 3 heteroatoms. The molecular formula is C7H12O2S. The second-order valence-corrected chi connectivity index (χ2v) is 4.47. The van der Waals surface area contributed by atoms with Crippen LogP contribution in [0.2, 0.25) is 0 Å². The number of aliphatic carboxylic acids is 1. The summed E-state index contributed by atoms with van der Waals surface area (Å²) in [5.41, 5.74) is 0. The smallest absolute Gasteiger partial charge is 0.316 e. The molecule has 0 bridgehead atoms. The van der Waals surface area contributed by atoms with Crippen LogP contribution in [0.1, 0.15) is 20.3 Å². The molecule has 0 saturated carbocycles. The topological polar surface area (TPSA) is 37.3 Å². The first-order chi connectivity index (χ1) is 4.61. The van der Waals surface area contributed by atoms with Crippen molar-refractivity contribution in [2.24, 2.45) is 5.92 Å². The lowest BCUT2D eigenvalue weighted by molar-refractivity contribution is -0.136. The molecule has 58 valence electrons. The molecule has 3 atom stereocenters. The monoisotopic (exact) mass is 160 g/mol. The zero-order valence-electron chi connectivity index (χ0n) is 6.20. The van der Waals surface area contributed by atoms with Gasteiger partial charge in [0.15, 0.2) is 0 Å². The molecule has 1 aliphatic heterocycles. The summed E-state index contributed by atoms with van der Waals surface area (Å²) in [4.78, 5) is 10.5. The Hall–Kier alpha value is -0.180. The average Bonchev–Trinajstić information content (AvgIpc) is 2.13. The van der Waals surface area contributed by atoms with Crippen LogP contribution in [0, 0.1) is 5.92 Å². The van der Waals surface area contributed by atoms with Gasteiger partial charge >= 0.3 is 5.97 Å². The van der Waals surface area contributed by atoms with E-state index in [1.54, 1.807) is 11.8 Å². The fourth-order valence-corrected chi connectivity index (χ4v) is 2.57. The standard InChI is InChI=1S/C7H12O2S/c1-4-3-6(7(8)9)10-5(4)2/h4-6H,3H2,1-2H3,(H,8,9). The van der Waals surface area contributed by atoms with Gasteiger partial charge in [0.1, 0.15) is 5.25 Å². The van der Waals surface area contributed by atoms with Crippen molar-refractivity contribution < 1.29 is 9.90 Å². The molecule has 1 heterocycles. The van der Waals surface area contributed by atoms with E-state index in [9.17, 15) is 4.79 Å². The van der Waals surface area contributed by atoms with Crippen LogP contribution in [0.3, 0.4) is 0 Å². The van der Waals surface area contributed by atoms with Crippen molar-refractivity contribution in [1.29, 1.82) is 0 Å². The average molecular weight is 160 g/mol. The Morgan fingerprint density at radius 3 is 2.40 bits per heavy atom. The van der Waals surface area contributed by atoms with Crippen molar-refractivity contribution in [3.05, 3.63) is 0 Å². The second-order valence-electron chi connectivity index (χ2n) is 2.88. The first-order valence-corrected chi connectivity index (χ1v) is 4.44. The highest BCUT2D eigenvalue weighted by Crippen LogP contribution is 2.37. The van der Waals surface area contributed by atoms with Gasteiger partial charge in [-0.2, -0.15) is 0 Å². The quantitative estimate of drug-likeness (QED) is 0.633. The van der Waals surface area contributed by atoms with Crippen LogP contribution < -0.4 is 0 Å². The summed E-state index contributed by atoms with van der Waals surface area (Å²) in [6, 6.07) is 0. The number of carboxylic acids is 1. The minimum absolute atomic E-state index is 0.148. The maximum Gasteiger partial charge on any atom is 0.316 e. The summed E-state index contributed by atoms with van der Waals surface area (Å²) < 4.78 is 0. The van der Waals surface area contributed by atoms with Crippen molar-refractivity contribution in [1.82, 2.24) is 0 Å². The minimum Gasteiger partial charge on any atom is -0.480 e. The highest BCUT2D eigenvalue weighted by molar-refractivity contribution is 8.01. The maximum absolute atomic E-state index is 10.5. The summed E-state index contributed by atoms with van der Waals surface area (Å²) in [5, 5.41) is 8.99. The summed E-state index contributed by atoms with van der Waals surface area (Å²) >= 11 is 1.58. The highest BCUT2D eigenvalue weighted by Gasteiger charge is 2.33. The van der Waals surface area contributed by atoms with Gasteiger partial charge in [0, 0.05) is 5.25 Å². The molecule has 1 rings (SSSR count). The van der Waals surface area contributed by atoms with Gasteiger partial charge in [-0.15, -0.1) is 11.8 Å². The Morgan fingerprint density at radius 2 is 2.20 bits per heavy atom. The van der Waals surface area contributed by atoms with Crippen molar-refractivity contribution in [3.63, 3.8) is 0 Å². The lowest BCUT2D eigenvalue weighted by Crippen LogP contribution is -2.12. The number of hydrogen-bond acceptors (Lipinski definition) is 2. The van der Waals surface area contributed by atoms with Gasteiger partial charge < -0.3 is 5.11 Å². The Labute approximate surface area is 65.0 Å². The molecule has 1 N–H and O–H groups in total. The lowest BCUT2D eigenvalue weighted by atomic mass is 10.0. The molecule has 1 fully saturated rings. The van der Waals surface area contributed by atoms with E-state index in [1.807, 2.05) is 0 Å². The molecule has 3 unspecified atom stereocenters. The fraction of sp³-hybridized carbons (Fsp3) is 0.857. The molecule has 0 radical (unpaired) electrons. The van der Waals surface area contributed by atoms with Crippen molar-refractivity contribution >= 4 is 17.7 Å². The van der Waals surface area contributed by atoms with E-state index < -0.39 is 5.97 Å². The van der Waals surface area contributed by atoms with E-state index in [0.29, 0.717) is 11.2 Å². The third kappa shape index (κ3) is 1.45. The van der Waals surface area contributed by atoms with E-state index in [0.717, 1.165) is 6.42 Å². The number of thioether (sulfide) groups is 1. The summed E-state index contributed by atoms with van der Waals surface area (Å²) in [7, 11) is 0. The van der Waals surface area contributed by atoms with Crippen LogP contribution in [0.4, 0.5) is 0 Å². The normalized spacial score (nSPS) is 40.0. The third-order valence-electron chi connectivity index (χ3n) is 2.04. The van der Waals surface area contributed by atoms with Crippen LogP contribution in [-0.2, 0) is 4.79 Å². The number of rotatable bonds is 1. The Morgan fingerprint density at radius 1 is 1.60 bits per heavy atom. The highest BCUT2D eigenvalue weighted by atomic mass is 32.2. The van der Waals surface area contributed by atoms with Crippen LogP contribution in [0.25, 0.3) is 0 Å². The molecule has 0 aromatic rings. The van der Waals surface area contributed by atoms with E-state index in [1.165, 1.54) is 0 Å². The summed E-state index contributed by atoms with van der Waals surface area (Å²) in [5.74, 6) is -0.0905. The first-order valence-electron chi connectivity index (χ1n) is 3.49. The van der Waals surface area contributed by atoms with E-state index in [-0.39, 0.29) is 5.25 Å². The molecular weight excluding hydrogens is 148 g/mol. The zero-order valence-corrected chi connectivity index (χ0v) is 7.02. The van der Waals surface area contributed by atoms with E-state index >= 15 is 0 Å². The maximum atomic E-state index is 10.5. The number of hydrogen-bond donors (Lipinski definition) is 1. The Bertz CT molecular complexity index is 137. The number of carboxylic acid groups (broad SMARTS) is 1. The molecule has 2 nitrogen and oxygen atoms in total. The molecule has 0 amide bonds.